The second-order valence-corrected chi connectivity index (χ2v) is 5.77. The van der Waals surface area contributed by atoms with Gasteiger partial charge in [-0.25, -0.2) is 4.98 Å². The van der Waals surface area contributed by atoms with E-state index in [4.69, 9.17) is 4.98 Å². The second-order valence-electron chi connectivity index (χ2n) is 5.77. The molecular weight excluding hydrogens is 234 g/mol. The standard InChI is InChI=1S/C16H29N3/c1-4-6-7-8-9-13(3)19-15-10-11-17-12-14(15)18-16(19)5-2/h13,17H,4-12H2,1-3H3. The normalized spacial score (nSPS) is 16.4. The molecule has 0 fully saturated rings. The van der Waals surface area contributed by atoms with E-state index in [1.165, 1.54) is 49.3 Å². The molecule has 3 nitrogen and oxygen atoms in total. The molecule has 0 radical (unpaired) electrons. The number of imidazole rings is 1. The summed E-state index contributed by atoms with van der Waals surface area (Å²) in [5, 5.41) is 3.43. The summed E-state index contributed by atoms with van der Waals surface area (Å²) in [6, 6.07) is 0.612. The van der Waals surface area contributed by atoms with E-state index in [0.29, 0.717) is 6.04 Å². The topological polar surface area (TPSA) is 29.9 Å². The van der Waals surface area contributed by atoms with Crippen LogP contribution in [0.2, 0.25) is 0 Å². The SMILES string of the molecule is CCCCCCC(C)n1c(CC)nc2c1CCNC2. The van der Waals surface area contributed by atoms with Crippen molar-refractivity contribution < 1.29 is 0 Å². The average molecular weight is 263 g/mol. The molecule has 3 heteroatoms. The Hall–Kier alpha value is -0.830. The van der Waals surface area contributed by atoms with Crippen LogP contribution >= 0.6 is 0 Å². The molecule has 1 aliphatic rings. The third-order valence-corrected chi connectivity index (χ3v) is 4.23. The van der Waals surface area contributed by atoms with E-state index in [1.54, 1.807) is 0 Å². The van der Waals surface area contributed by atoms with E-state index in [2.05, 4.69) is 30.7 Å². The fourth-order valence-corrected chi connectivity index (χ4v) is 3.15. The van der Waals surface area contributed by atoms with Gasteiger partial charge in [-0.15, -0.1) is 0 Å². The number of rotatable bonds is 7. The Morgan fingerprint density at radius 2 is 2.11 bits per heavy atom. The summed E-state index contributed by atoms with van der Waals surface area (Å²) in [5.74, 6) is 1.29. The summed E-state index contributed by atoms with van der Waals surface area (Å²) >= 11 is 0. The highest BCUT2D eigenvalue weighted by molar-refractivity contribution is 5.21. The molecule has 1 N–H and O–H groups in total. The van der Waals surface area contributed by atoms with Crippen LogP contribution in [-0.4, -0.2) is 16.1 Å². The van der Waals surface area contributed by atoms with Crippen molar-refractivity contribution in [3.63, 3.8) is 0 Å². The molecule has 2 rings (SSSR count). The fourth-order valence-electron chi connectivity index (χ4n) is 3.15. The molecule has 2 heterocycles. The lowest BCUT2D eigenvalue weighted by molar-refractivity contribution is 0.442. The number of hydrogen-bond donors (Lipinski definition) is 1. The van der Waals surface area contributed by atoms with Crippen LogP contribution in [0.25, 0.3) is 0 Å². The maximum absolute atomic E-state index is 4.84. The number of nitrogens with zero attached hydrogens (tertiary/aromatic N) is 2. The third-order valence-electron chi connectivity index (χ3n) is 4.23. The van der Waals surface area contributed by atoms with E-state index < -0.39 is 0 Å². The Balaban J connectivity index is 2.06. The molecule has 0 aromatic carbocycles. The first-order valence-corrected chi connectivity index (χ1v) is 8.07. The first-order chi connectivity index (χ1) is 9.27. The van der Waals surface area contributed by atoms with Gasteiger partial charge in [0, 0.05) is 37.7 Å². The average Bonchev–Trinajstić information content (AvgIpc) is 2.82. The predicted octanol–water partition coefficient (Wildman–Crippen LogP) is 3.62. The Morgan fingerprint density at radius 1 is 1.26 bits per heavy atom. The lowest BCUT2D eigenvalue weighted by Crippen LogP contribution is -2.25. The molecule has 19 heavy (non-hydrogen) atoms. The van der Waals surface area contributed by atoms with Crippen LogP contribution in [-0.2, 0) is 19.4 Å². The number of fused-ring (bicyclic) bond motifs is 1. The van der Waals surface area contributed by atoms with Crippen molar-refractivity contribution in [1.29, 1.82) is 0 Å². The molecule has 1 unspecified atom stereocenters. The highest BCUT2D eigenvalue weighted by atomic mass is 15.1. The predicted molar refractivity (Wildman–Crippen MR) is 80.5 cm³/mol. The second kappa shape index (κ2) is 7.09. The zero-order chi connectivity index (χ0) is 13.7. The summed E-state index contributed by atoms with van der Waals surface area (Å²) in [6.45, 7) is 8.93. The number of aromatic nitrogens is 2. The van der Waals surface area contributed by atoms with Crippen molar-refractivity contribution in [3.05, 3.63) is 17.2 Å². The summed E-state index contributed by atoms with van der Waals surface area (Å²) in [7, 11) is 0. The first kappa shape index (κ1) is 14.6. The van der Waals surface area contributed by atoms with Crippen LogP contribution < -0.4 is 5.32 Å². The minimum Gasteiger partial charge on any atom is -0.329 e. The van der Waals surface area contributed by atoms with E-state index >= 15 is 0 Å². The molecule has 0 saturated heterocycles. The van der Waals surface area contributed by atoms with Crippen LogP contribution in [0.15, 0.2) is 0 Å². The highest BCUT2D eigenvalue weighted by Crippen LogP contribution is 2.25. The first-order valence-electron chi connectivity index (χ1n) is 8.07. The molecule has 1 aromatic rings. The summed E-state index contributed by atoms with van der Waals surface area (Å²) < 4.78 is 2.54. The maximum Gasteiger partial charge on any atom is 0.109 e. The molecular formula is C16H29N3. The third kappa shape index (κ3) is 3.38. The van der Waals surface area contributed by atoms with Gasteiger partial charge in [0.2, 0.25) is 0 Å². The van der Waals surface area contributed by atoms with Crippen molar-refractivity contribution >= 4 is 0 Å². The Labute approximate surface area is 117 Å². The minimum atomic E-state index is 0.612. The number of hydrogen-bond acceptors (Lipinski definition) is 2. The largest absolute Gasteiger partial charge is 0.329 e. The van der Waals surface area contributed by atoms with Gasteiger partial charge >= 0.3 is 0 Å². The van der Waals surface area contributed by atoms with Gasteiger partial charge in [-0.1, -0.05) is 39.5 Å². The molecule has 1 aromatic heterocycles. The van der Waals surface area contributed by atoms with Crippen molar-refractivity contribution in [2.75, 3.05) is 6.54 Å². The lowest BCUT2D eigenvalue weighted by Gasteiger charge is -2.21. The molecule has 0 bridgehead atoms. The Morgan fingerprint density at radius 3 is 2.84 bits per heavy atom. The molecule has 0 saturated carbocycles. The fraction of sp³-hybridized carbons (Fsp3) is 0.812. The van der Waals surface area contributed by atoms with E-state index in [0.717, 1.165) is 25.9 Å². The maximum atomic E-state index is 4.84. The van der Waals surface area contributed by atoms with Gasteiger partial charge in [0.15, 0.2) is 0 Å². The quantitative estimate of drug-likeness (QED) is 0.761. The number of nitrogens with one attached hydrogen (secondary N) is 1. The van der Waals surface area contributed by atoms with Gasteiger partial charge in [0.25, 0.3) is 0 Å². The number of aryl methyl sites for hydroxylation is 1. The zero-order valence-corrected chi connectivity index (χ0v) is 12.8. The molecule has 1 aliphatic heterocycles. The molecule has 108 valence electrons. The van der Waals surface area contributed by atoms with Crippen LogP contribution in [0.1, 0.15) is 76.1 Å². The van der Waals surface area contributed by atoms with Crippen molar-refractivity contribution in [2.45, 2.75) is 78.3 Å². The Bertz CT molecular complexity index is 395. The molecule has 0 aliphatic carbocycles. The molecule has 0 spiro atoms. The van der Waals surface area contributed by atoms with Gasteiger partial charge in [0.05, 0.1) is 5.69 Å². The number of unbranched alkanes of at least 4 members (excludes halogenated alkanes) is 3. The van der Waals surface area contributed by atoms with Crippen LogP contribution in [0, 0.1) is 0 Å². The van der Waals surface area contributed by atoms with Crippen molar-refractivity contribution in [3.8, 4) is 0 Å². The van der Waals surface area contributed by atoms with Crippen molar-refractivity contribution in [1.82, 2.24) is 14.9 Å². The molecule has 1 atom stereocenters. The Kier molecular flexibility index (Phi) is 5.44. The van der Waals surface area contributed by atoms with E-state index in [1.807, 2.05) is 0 Å². The van der Waals surface area contributed by atoms with Gasteiger partial charge in [-0.05, 0) is 13.3 Å². The van der Waals surface area contributed by atoms with Gasteiger partial charge in [-0.3, -0.25) is 0 Å². The van der Waals surface area contributed by atoms with Gasteiger partial charge in [-0.2, -0.15) is 0 Å². The monoisotopic (exact) mass is 263 g/mol. The van der Waals surface area contributed by atoms with E-state index in [9.17, 15) is 0 Å². The summed E-state index contributed by atoms with van der Waals surface area (Å²) in [5.41, 5.74) is 2.79. The highest BCUT2D eigenvalue weighted by Gasteiger charge is 2.21. The summed E-state index contributed by atoms with van der Waals surface area (Å²) in [6.07, 6.45) is 8.90. The summed E-state index contributed by atoms with van der Waals surface area (Å²) in [4.78, 5) is 4.84. The van der Waals surface area contributed by atoms with Gasteiger partial charge in [0.1, 0.15) is 5.82 Å². The van der Waals surface area contributed by atoms with Crippen LogP contribution in [0.5, 0.6) is 0 Å². The lowest BCUT2D eigenvalue weighted by atomic mass is 10.1. The van der Waals surface area contributed by atoms with E-state index in [-0.39, 0.29) is 0 Å². The van der Waals surface area contributed by atoms with Crippen molar-refractivity contribution in [2.24, 2.45) is 0 Å². The smallest absolute Gasteiger partial charge is 0.109 e. The van der Waals surface area contributed by atoms with Crippen LogP contribution in [0.4, 0.5) is 0 Å². The molecule has 0 amide bonds. The van der Waals surface area contributed by atoms with Gasteiger partial charge < -0.3 is 9.88 Å². The zero-order valence-electron chi connectivity index (χ0n) is 12.8. The van der Waals surface area contributed by atoms with Crippen LogP contribution in [0.3, 0.4) is 0 Å². The minimum absolute atomic E-state index is 0.612.